The maximum absolute atomic E-state index is 11.8. The van der Waals surface area contributed by atoms with Crippen LogP contribution in [0.1, 0.15) is 27.2 Å². The number of rotatable bonds is 5. The van der Waals surface area contributed by atoms with Crippen LogP contribution in [0, 0.1) is 5.92 Å². The SMILES string of the molecule is CCC(NS(=O)(=O)c1ccn[nH]1)C(C)C. The molecule has 6 heteroatoms. The lowest BCUT2D eigenvalue weighted by atomic mass is 10.0. The van der Waals surface area contributed by atoms with Crippen LogP contribution in [0.5, 0.6) is 0 Å². The number of sulfonamides is 1. The van der Waals surface area contributed by atoms with E-state index in [-0.39, 0.29) is 17.0 Å². The number of hydrogen-bond donors (Lipinski definition) is 2. The molecule has 0 radical (unpaired) electrons. The summed E-state index contributed by atoms with van der Waals surface area (Å²) in [6.45, 7) is 5.94. The Bertz CT molecular complexity index is 383. The van der Waals surface area contributed by atoms with Crippen LogP contribution in [0.2, 0.25) is 0 Å². The summed E-state index contributed by atoms with van der Waals surface area (Å²) < 4.78 is 26.2. The molecule has 86 valence electrons. The summed E-state index contributed by atoms with van der Waals surface area (Å²) >= 11 is 0. The molecule has 5 nitrogen and oxygen atoms in total. The van der Waals surface area contributed by atoms with E-state index in [4.69, 9.17) is 0 Å². The van der Waals surface area contributed by atoms with Gasteiger partial charge in [0, 0.05) is 6.04 Å². The van der Waals surface area contributed by atoms with Gasteiger partial charge in [0.15, 0.2) is 5.03 Å². The van der Waals surface area contributed by atoms with Crippen molar-refractivity contribution in [1.29, 1.82) is 0 Å². The number of nitrogens with one attached hydrogen (secondary N) is 2. The van der Waals surface area contributed by atoms with Crippen LogP contribution in [-0.2, 0) is 10.0 Å². The second-order valence-corrected chi connectivity index (χ2v) is 5.48. The first kappa shape index (κ1) is 12.2. The average molecular weight is 231 g/mol. The van der Waals surface area contributed by atoms with Gasteiger partial charge in [-0.1, -0.05) is 20.8 Å². The van der Waals surface area contributed by atoms with Crippen LogP contribution in [-0.4, -0.2) is 24.7 Å². The zero-order valence-electron chi connectivity index (χ0n) is 9.19. The van der Waals surface area contributed by atoms with Crippen molar-refractivity contribution in [2.75, 3.05) is 0 Å². The van der Waals surface area contributed by atoms with E-state index in [0.29, 0.717) is 0 Å². The summed E-state index contributed by atoms with van der Waals surface area (Å²) in [6, 6.07) is 1.40. The van der Waals surface area contributed by atoms with Crippen molar-refractivity contribution in [2.24, 2.45) is 5.92 Å². The van der Waals surface area contributed by atoms with Crippen LogP contribution in [0.15, 0.2) is 17.3 Å². The highest BCUT2D eigenvalue weighted by Crippen LogP contribution is 2.10. The molecule has 0 aromatic carbocycles. The summed E-state index contributed by atoms with van der Waals surface area (Å²) in [4.78, 5) is 0. The highest BCUT2D eigenvalue weighted by molar-refractivity contribution is 7.89. The van der Waals surface area contributed by atoms with Gasteiger partial charge in [0.2, 0.25) is 0 Å². The van der Waals surface area contributed by atoms with E-state index in [0.717, 1.165) is 6.42 Å². The fraction of sp³-hybridized carbons (Fsp3) is 0.667. The molecule has 0 saturated carbocycles. The second kappa shape index (κ2) is 4.76. The van der Waals surface area contributed by atoms with Crippen LogP contribution in [0.4, 0.5) is 0 Å². The highest BCUT2D eigenvalue weighted by Gasteiger charge is 2.21. The van der Waals surface area contributed by atoms with E-state index in [1.807, 2.05) is 20.8 Å². The van der Waals surface area contributed by atoms with Crippen molar-refractivity contribution in [3.63, 3.8) is 0 Å². The van der Waals surface area contributed by atoms with Crippen molar-refractivity contribution in [1.82, 2.24) is 14.9 Å². The Balaban J connectivity index is 2.81. The Morgan fingerprint density at radius 1 is 1.53 bits per heavy atom. The van der Waals surface area contributed by atoms with Gasteiger partial charge in [-0.2, -0.15) is 5.10 Å². The van der Waals surface area contributed by atoms with Crippen LogP contribution >= 0.6 is 0 Å². The smallest absolute Gasteiger partial charge is 0.257 e. The van der Waals surface area contributed by atoms with E-state index >= 15 is 0 Å². The molecule has 1 aromatic rings. The fourth-order valence-corrected chi connectivity index (χ4v) is 2.72. The normalized spacial score (nSPS) is 14.4. The minimum Gasteiger partial charge on any atom is -0.266 e. The van der Waals surface area contributed by atoms with Gasteiger partial charge in [0.05, 0.1) is 6.20 Å². The molecule has 0 spiro atoms. The Kier molecular flexibility index (Phi) is 3.87. The Labute approximate surface area is 90.3 Å². The lowest BCUT2D eigenvalue weighted by molar-refractivity contribution is 0.436. The van der Waals surface area contributed by atoms with Gasteiger partial charge in [-0.15, -0.1) is 0 Å². The van der Waals surface area contributed by atoms with Gasteiger partial charge in [-0.05, 0) is 18.4 Å². The summed E-state index contributed by atoms with van der Waals surface area (Å²) in [5, 5.41) is 6.18. The van der Waals surface area contributed by atoms with Gasteiger partial charge in [0.25, 0.3) is 10.0 Å². The molecule has 1 atom stereocenters. The molecular formula is C9H17N3O2S. The zero-order chi connectivity index (χ0) is 11.5. The van der Waals surface area contributed by atoms with Crippen molar-refractivity contribution in [3.8, 4) is 0 Å². The Morgan fingerprint density at radius 2 is 2.20 bits per heavy atom. The highest BCUT2D eigenvalue weighted by atomic mass is 32.2. The molecule has 0 aliphatic carbocycles. The molecular weight excluding hydrogens is 214 g/mol. The summed E-state index contributed by atoms with van der Waals surface area (Å²) in [5.74, 6) is 0.271. The van der Waals surface area contributed by atoms with E-state index in [9.17, 15) is 8.42 Å². The molecule has 15 heavy (non-hydrogen) atoms. The second-order valence-electron chi connectivity index (χ2n) is 3.80. The maximum atomic E-state index is 11.8. The maximum Gasteiger partial charge on any atom is 0.257 e. The molecule has 1 unspecified atom stereocenters. The first-order valence-corrected chi connectivity index (χ1v) is 6.47. The largest absolute Gasteiger partial charge is 0.266 e. The molecule has 1 rings (SSSR count). The van der Waals surface area contributed by atoms with Gasteiger partial charge in [-0.25, -0.2) is 13.1 Å². The number of aromatic nitrogens is 2. The molecule has 1 aromatic heterocycles. The van der Waals surface area contributed by atoms with Crippen molar-refractivity contribution in [3.05, 3.63) is 12.3 Å². The topological polar surface area (TPSA) is 74.8 Å². The number of H-pyrrole nitrogens is 1. The first-order chi connectivity index (χ1) is 6.97. The van der Waals surface area contributed by atoms with Crippen LogP contribution in [0.3, 0.4) is 0 Å². The molecule has 0 bridgehead atoms. The average Bonchev–Trinajstić information content (AvgIpc) is 2.67. The molecule has 2 N–H and O–H groups in total. The Hall–Kier alpha value is -0.880. The zero-order valence-corrected chi connectivity index (χ0v) is 10.0. The number of aromatic amines is 1. The predicted octanol–water partition coefficient (Wildman–Crippen LogP) is 1.12. The number of hydrogen-bond acceptors (Lipinski definition) is 3. The molecule has 0 aliphatic heterocycles. The molecule has 0 fully saturated rings. The fourth-order valence-electron chi connectivity index (χ4n) is 1.35. The molecule has 0 saturated heterocycles. The van der Waals surface area contributed by atoms with E-state index in [1.54, 1.807) is 0 Å². The van der Waals surface area contributed by atoms with Gasteiger partial charge in [0.1, 0.15) is 0 Å². The lowest BCUT2D eigenvalue weighted by Gasteiger charge is -2.19. The first-order valence-electron chi connectivity index (χ1n) is 4.99. The van der Waals surface area contributed by atoms with Gasteiger partial charge in [-0.3, -0.25) is 5.10 Å². The standard InChI is InChI=1S/C9H17N3O2S/c1-4-8(7(2)3)12-15(13,14)9-5-6-10-11-9/h5-8,12H,4H2,1-3H3,(H,10,11). The Morgan fingerprint density at radius 3 is 2.60 bits per heavy atom. The number of nitrogens with zero attached hydrogens (tertiary/aromatic N) is 1. The van der Waals surface area contributed by atoms with Crippen molar-refractivity contribution >= 4 is 10.0 Å². The van der Waals surface area contributed by atoms with Crippen molar-refractivity contribution < 1.29 is 8.42 Å². The third kappa shape index (κ3) is 3.04. The summed E-state index contributed by atoms with van der Waals surface area (Å²) in [6.07, 6.45) is 2.19. The van der Waals surface area contributed by atoms with Crippen LogP contribution in [0.25, 0.3) is 0 Å². The monoisotopic (exact) mass is 231 g/mol. The van der Waals surface area contributed by atoms with E-state index in [2.05, 4.69) is 14.9 Å². The summed E-state index contributed by atoms with van der Waals surface area (Å²) in [7, 11) is -3.44. The predicted molar refractivity (Wildman–Crippen MR) is 57.8 cm³/mol. The lowest BCUT2D eigenvalue weighted by Crippen LogP contribution is -2.38. The molecule has 0 aliphatic rings. The van der Waals surface area contributed by atoms with Gasteiger partial charge < -0.3 is 0 Å². The van der Waals surface area contributed by atoms with Gasteiger partial charge >= 0.3 is 0 Å². The quantitative estimate of drug-likeness (QED) is 0.797. The minimum atomic E-state index is -3.44. The molecule has 0 amide bonds. The summed E-state index contributed by atoms with van der Waals surface area (Å²) in [5.41, 5.74) is 0. The van der Waals surface area contributed by atoms with E-state index < -0.39 is 10.0 Å². The third-order valence-corrected chi connectivity index (χ3v) is 3.74. The molecule has 1 heterocycles. The van der Waals surface area contributed by atoms with Crippen molar-refractivity contribution in [2.45, 2.75) is 38.3 Å². The van der Waals surface area contributed by atoms with E-state index in [1.165, 1.54) is 12.3 Å². The van der Waals surface area contributed by atoms with Crippen LogP contribution < -0.4 is 4.72 Å². The third-order valence-electron chi connectivity index (χ3n) is 2.32. The minimum absolute atomic E-state index is 0.0432.